The zero-order chi connectivity index (χ0) is 15.2. The molecule has 110 valence electrons. The Bertz CT molecular complexity index is 624. The van der Waals surface area contributed by atoms with Gasteiger partial charge < -0.3 is 16.4 Å². The highest BCUT2D eigenvalue weighted by Crippen LogP contribution is 2.25. The first kappa shape index (κ1) is 14.8. The van der Waals surface area contributed by atoms with Gasteiger partial charge in [-0.1, -0.05) is 6.92 Å². The lowest BCUT2D eigenvalue weighted by molar-refractivity contribution is 0.101. The fourth-order valence-electron chi connectivity index (χ4n) is 1.80. The molecular formula is C15H19N5O. The van der Waals surface area contributed by atoms with E-state index in [9.17, 15) is 4.79 Å². The fraction of sp³-hybridized carbons (Fsp3) is 0.267. The molecule has 1 aromatic carbocycles. The maximum atomic E-state index is 11.2. The predicted octanol–water partition coefficient (Wildman–Crippen LogP) is 2.83. The molecule has 0 aliphatic carbocycles. The lowest BCUT2D eigenvalue weighted by Gasteiger charge is -2.12. The van der Waals surface area contributed by atoms with Crippen LogP contribution in [0.3, 0.4) is 0 Å². The number of rotatable bonds is 6. The summed E-state index contributed by atoms with van der Waals surface area (Å²) in [7, 11) is 0. The van der Waals surface area contributed by atoms with Gasteiger partial charge in [0, 0.05) is 17.8 Å². The summed E-state index contributed by atoms with van der Waals surface area (Å²) in [5.41, 5.74) is 8.00. The highest BCUT2D eigenvalue weighted by atomic mass is 16.1. The molecule has 0 unspecified atom stereocenters. The minimum absolute atomic E-state index is 0.0363. The number of benzene rings is 1. The number of aromatic nitrogens is 2. The van der Waals surface area contributed by atoms with Gasteiger partial charge in [-0.15, -0.1) is 0 Å². The second-order valence-corrected chi connectivity index (χ2v) is 4.67. The lowest BCUT2D eigenvalue weighted by atomic mass is 10.1. The molecule has 0 radical (unpaired) electrons. The van der Waals surface area contributed by atoms with Crippen LogP contribution < -0.4 is 16.4 Å². The van der Waals surface area contributed by atoms with Crippen LogP contribution in [0.5, 0.6) is 0 Å². The average molecular weight is 285 g/mol. The number of hydrogen-bond acceptors (Lipinski definition) is 6. The van der Waals surface area contributed by atoms with Gasteiger partial charge in [-0.25, -0.2) is 9.97 Å². The van der Waals surface area contributed by atoms with E-state index < -0.39 is 0 Å². The molecular weight excluding hydrogens is 266 g/mol. The van der Waals surface area contributed by atoms with E-state index >= 15 is 0 Å². The first-order valence-corrected chi connectivity index (χ1v) is 6.84. The Labute approximate surface area is 123 Å². The number of nitrogens with zero attached hydrogens (tertiary/aromatic N) is 2. The lowest BCUT2D eigenvalue weighted by Crippen LogP contribution is -2.08. The topological polar surface area (TPSA) is 92.9 Å². The Morgan fingerprint density at radius 2 is 1.86 bits per heavy atom. The molecule has 0 fully saturated rings. The van der Waals surface area contributed by atoms with Crippen molar-refractivity contribution in [3.63, 3.8) is 0 Å². The van der Waals surface area contributed by atoms with Crippen LogP contribution in [0, 0.1) is 0 Å². The second-order valence-electron chi connectivity index (χ2n) is 4.67. The smallest absolute Gasteiger partial charge is 0.159 e. The van der Waals surface area contributed by atoms with Gasteiger partial charge in [-0.05, 0) is 37.6 Å². The van der Waals surface area contributed by atoms with Crippen LogP contribution in [-0.2, 0) is 0 Å². The van der Waals surface area contributed by atoms with Gasteiger partial charge in [0.15, 0.2) is 17.4 Å². The van der Waals surface area contributed by atoms with Crippen molar-refractivity contribution in [3.8, 4) is 0 Å². The Kier molecular flexibility index (Phi) is 4.71. The molecule has 0 atom stereocenters. The van der Waals surface area contributed by atoms with Crippen LogP contribution in [0.15, 0.2) is 30.6 Å². The third kappa shape index (κ3) is 3.68. The van der Waals surface area contributed by atoms with E-state index in [4.69, 9.17) is 5.73 Å². The van der Waals surface area contributed by atoms with E-state index in [0.717, 1.165) is 18.7 Å². The number of nitrogens with two attached hydrogens (primary N) is 1. The molecule has 4 N–H and O–H groups in total. The van der Waals surface area contributed by atoms with Gasteiger partial charge in [-0.3, -0.25) is 4.79 Å². The summed E-state index contributed by atoms with van der Waals surface area (Å²) in [5.74, 6) is 1.20. The van der Waals surface area contributed by atoms with Crippen molar-refractivity contribution >= 4 is 28.8 Å². The number of nitrogens with one attached hydrogen (secondary N) is 2. The zero-order valence-corrected chi connectivity index (χ0v) is 12.2. The molecule has 0 bridgehead atoms. The van der Waals surface area contributed by atoms with E-state index in [-0.39, 0.29) is 5.78 Å². The summed E-state index contributed by atoms with van der Waals surface area (Å²) in [6.07, 6.45) is 2.44. The monoisotopic (exact) mass is 285 g/mol. The Morgan fingerprint density at radius 1 is 1.19 bits per heavy atom. The van der Waals surface area contributed by atoms with E-state index in [1.165, 1.54) is 13.3 Å². The number of Topliss-reactive ketones (excluding diaryl/α,β-unsaturated/α-hetero) is 1. The van der Waals surface area contributed by atoms with Crippen LogP contribution in [0.1, 0.15) is 30.6 Å². The first-order valence-electron chi connectivity index (χ1n) is 6.84. The molecule has 0 aliphatic rings. The maximum Gasteiger partial charge on any atom is 0.159 e. The quantitative estimate of drug-likeness (QED) is 0.707. The highest BCUT2D eigenvalue weighted by Gasteiger charge is 2.08. The number of carbonyl (C=O) groups is 1. The molecule has 6 heteroatoms. The molecule has 0 aliphatic heterocycles. The van der Waals surface area contributed by atoms with Gasteiger partial charge >= 0.3 is 0 Å². The molecule has 21 heavy (non-hydrogen) atoms. The normalized spacial score (nSPS) is 10.2. The van der Waals surface area contributed by atoms with E-state index in [1.54, 1.807) is 12.1 Å². The van der Waals surface area contributed by atoms with Crippen molar-refractivity contribution < 1.29 is 4.79 Å². The van der Waals surface area contributed by atoms with Crippen LogP contribution in [0.25, 0.3) is 0 Å². The van der Waals surface area contributed by atoms with E-state index in [2.05, 4.69) is 27.5 Å². The van der Waals surface area contributed by atoms with Gasteiger partial charge in [0.2, 0.25) is 0 Å². The van der Waals surface area contributed by atoms with Crippen molar-refractivity contribution in [2.45, 2.75) is 20.3 Å². The predicted molar refractivity (Wildman–Crippen MR) is 85.0 cm³/mol. The zero-order valence-electron chi connectivity index (χ0n) is 12.2. The molecule has 6 nitrogen and oxygen atoms in total. The SMILES string of the molecule is CCCNc1ncnc(Nc2ccc(C(C)=O)cc2)c1N. The summed E-state index contributed by atoms with van der Waals surface area (Å²) in [4.78, 5) is 19.5. The molecule has 0 spiro atoms. The Morgan fingerprint density at radius 3 is 2.48 bits per heavy atom. The Balaban J connectivity index is 2.17. The number of nitrogen functional groups attached to an aromatic ring is 1. The second kappa shape index (κ2) is 6.69. The van der Waals surface area contributed by atoms with Crippen LogP contribution >= 0.6 is 0 Å². The van der Waals surface area contributed by atoms with E-state index in [0.29, 0.717) is 22.9 Å². The summed E-state index contributed by atoms with van der Waals surface area (Å²) >= 11 is 0. The van der Waals surface area contributed by atoms with Crippen molar-refractivity contribution in [3.05, 3.63) is 36.2 Å². The van der Waals surface area contributed by atoms with Crippen LogP contribution in [0.4, 0.5) is 23.0 Å². The summed E-state index contributed by atoms with van der Waals surface area (Å²) in [6, 6.07) is 7.16. The molecule has 1 heterocycles. The standard InChI is InChI=1S/C15H19N5O/c1-3-8-17-14-13(16)15(19-9-18-14)20-12-6-4-11(5-7-12)10(2)21/h4-7,9H,3,8,16H2,1-2H3,(H2,17,18,19,20). The fourth-order valence-corrected chi connectivity index (χ4v) is 1.80. The third-order valence-corrected chi connectivity index (χ3v) is 2.98. The number of anilines is 4. The summed E-state index contributed by atoms with van der Waals surface area (Å²) in [6.45, 7) is 4.41. The first-order chi connectivity index (χ1) is 10.1. The molecule has 0 saturated carbocycles. The average Bonchev–Trinajstić information content (AvgIpc) is 2.49. The molecule has 2 rings (SSSR count). The Hall–Kier alpha value is -2.63. The molecule has 2 aromatic rings. The number of carbonyl (C=O) groups excluding carboxylic acids is 1. The highest BCUT2D eigenvalue weighted by molar-refractivity contribution is 5.94. The molecule has 0 amide bonds. The third-order valence-electron chi connectivity index (χ3n) is 2.98. The van der Waals surface area contributed by atoms with Crippen molar-refractivity contribution in [1.82, 2.24) is 9.97 Å². The van der Waals surface area contributed by atoms with Gasteiger partial charge in [-0.2, -0.15) is 0 Å². The van der Waals surface area contributed by atoms with Crippen molar-refractivity contribution in [2.24, 2.45) is 0 Å². The largest absolute Gasteiger partial charge is 0.393 e. The minimum atomic E-state index is 0.0363. The van der Waals surface area contributed by atoms with Crippen LogP contribution in [-0.4, -0.2) is 22.3 Å². The maximum absolute atomic E-state index is 11.2. The molecule has 0 saturated heterocycles. The van der Waals surface area contributed by atoms with Crippen LogP contribution in [0.2, 0.25) is 0 Å². The summed E-state index contributed by atoms with van der Waals surface area (Å²) < 4.78 is 0. The van der Waals surface area contributed by atoms with E-state index in [1.807, 2.05) is 12.1 Å². The molecule has 1 aromatic heterocycles. The number of ketones is 1. The van der Waals surface area contributed by atoms with Crippen molar-refractivity contribution in [1.29, 1.82) is 0 Å². The minimum Gasteiger partial charge on any atom is -0.393 e. The number of hydrogen-bond donors (Lipinski definition) is 3. The summed E-state index contributed by atoms with van der Waals surface area (Å²) in [5, 5.41) is 6.28. The van der Waals surface area contributed by atoms with Gasteiger partial charge in [0.05, 0.1) is 0 Å². The van der Waals surface area contributed by atoms with Gasteiger partial charge in [0.1, 0.15) is 12.0 Å². The van der Waals surface area contributed by atoms with Gasteiger partial charge in [0.25, 0.3) is 0 Å². The van der Waals surface area contributed by atoms with Crippen molar-refractivity contribution in [2.75, 3.05) is 22.9 Å².